The van der Waals surface area contributed by atoms with Crippen LogP contribution < -0.4 is 5.32 Å². The molecule has 2 rings (SSSR count). The predicted molar refractivity (Wildman–Crippen MR) is 68.1 cm³/mol. The highest BCUT2D eigenvalue weighted by molar-refractivity contribution is 7.10. The number of rotatable bonds is 4. The zero-order valence-electron chi connectivity index (χ0n) is 8.90. The molecule has 0 radical (unpaired) electrons. The molecule has 0 amide bonds. The van der Waals surface area contributed by atoms with Crippen LogP contribution >= 0.6 is 22.9 Å². The smallest absolute Gasteiger partial charge is 0.151 e. The average Bonchev–Trinajstić information content (AvgIpc) is 2.76. The van der Waals surface area contributed by atoms with Crippen molar-refractivity contribution in [1.82, 2.24) is 10.2 Å². The highest BCUT2D eigenvalue weighted by Gasteiger charge is 2.02. The fourth-order valence-electron chi connectivity index (χ4n) is 1.42. The first-order valence-corrected chi connectivity index (χ1v) is 6.33. The molecule has 84 valence electrons. The lowest BCUT2D eigenvalue weighted by molar-refractivity contribution is 0.997. The van der Waals surface area contributed by atoms with E-state index in [0.717, 1.165) is 18.8 Å². The lowest BCUT2D eigenvalue weighted by Crippen LogP contribution is -2.02. The van der Waals surface area contributed by atoms with Gasteiger partial charge in [-0.2, -0.15) is 0 Å². The van der Waals surface area contributed by atoms with E-state index in [9.17, 15) is 0 Å². The molecule has 0 fully saturated rings. The summed E-state index contributed by atoms with van der Waals surface area (Å²) in [4.78, 5) is 1.35. The maximum absolute atomic E-state index is 5.66. The van der Waals surface area contributed by atoms with Crippen LogP contribution in [0.25, 0.3) is 0 Å². The molecule has 2 heterocycles. The van der Waals surface area contributed by atoms with E-state index in [1.54, 1.807) is 17.4 Å². The van der Waals surface area contributed by atoms with Crippen LogP contribution in [0.3, 0.4) is 0 Å². The van der Waals surface area contributed by atoms with E-state index in [0.29, 0.717) is 5.15 Å². The van der Waals surface area contributed by atoms with Gasteiger partial charge in [0.05, 0.1) is 6.54 Å². The summed E-state index contributed by atoms with van der Waals surface area (Å²) in [6.07, 6.45) is 1.06. The summed E-state index contributed by atoms with van der Waals surface area (Å²) in [7, 11) is 0. The maximum atomic E-state index is 5.66. The Morgan fingerprint density at radius 1 is 1.31 bits per heavy atom. The van der Waals surface area contributed by atoms with Crippen molar-refractivity contribution in [3.8, 4) is 0 Å². The Morgan fingerprint density at radius 2 is 2.19 bits per heavy atom. The van der Waals surface area contributed by atoms with Gasteiger partial charge in [-0.3, -0.25) is 0 Å². The molecule has 0 saturated heterocycles. The molecule has 0 aliphatic heterocycles. The van der Waals surface area contributed by atoms with Gasteiger partial charge >= 0.3 is 0 Å². The lowest BCUT2D eigenvalue weighted by atomic mass is 10.2. The number of hydrogen-bond acceptors (Lipinski definition) is 4. The number of nitrogens with one attached hydrogen (secondary N) is 1. The van der Waals surface area contributed by atoms with Crippen molar-refractivity contribution >= 4 is 28.8 Å². The van der Waals surface area contributed by atoms with E-state index in [1.807, 2.05) is 6.07 Å². The number of anilines is 1. The first-order valence-electron chi connectivity index (χ1n) is 5.08. The summed E-state index contributed by atoms with van der Waals surface area (Å²) in [6.45, 7) is 2.95. The molecule has 0 aliphatic carbocycles. The van der Waals surface area contributed by atoms with Gasteiger partial charge in [0.15, 0.2) is 5.15 Å². The second kappa shape index (κ2) is 5.27. The van der Waals surface area contributed by atoms with Crippen molar-refractivity contribution in [2.45, 2.75) is 19.9 Å². The number of hydrogen-bond donors (Lipinski definition) is 1. The molecule has 0 saturated carbocycles. The van der Waals surface area contributed by atoms with Crippen molar-refractivity contribution in [2.24, 2.45) is 0 Å². The van der Waals surface area contributed by atoms with Gasteiger partial charge in [-0.15, -0.1) is 21.5 Å². The number of aromatic nitrogens is 2. The van der Waals surface area contributed by atoms with Gasteiger partial charge in [0.1, 0.15) is 5.82 Å². The van der Waals surface area contributed by atoms with Gasteiger partial charge < -0.3 is 5.32 Å². The minimum absolute atomic E-state index is 0.413. The van der Waals surface area contributed by atoms with Gasteiger partial charge in [0.25, 0.3) is 0 Å². The Labute approximate surface area is 103 Å². The van der Waals surface area contributed by atoms with Crippen LogP contribution in [0.2, 0.25) is 5.15 Å². The van der Waals surface area contributed by atoms with Gasteiger partial charge in [-0.05, 0) is 35.6 Å². The van der Waals surface area contributed by atoms with E-state index in [4.69, 9.17) is 11.6 Å². The van der Waals surface area contributed by atoms with Crippen molar-refractivity contribution in [3.05, 3.63) is 39.2 Å². The minimum Gasteiger partial charge on any atom is -0.364 e. The molecule has 0 aromatic carbocycles. The highest BCUT2D eigenvalue weighted by Crippen LogP contribution is 2.18. The van der Waals surface area contributed by atoms with E-state index in [2.05, 4.69) is 33.9 Å². The maximum Gasteiger partial charge on any atom is 0.151 e. The van der Waals surface area contributed by atoms with E-state index in [-0.39, 0.29) is 0 Å². The molecule has 2 aromatic rings. The summed E-state index contributed by atoms with van der Waals surface area (Å²) < 4.78 is 0. The van der Waals surface area contributed by atoms with E-state index in [1.165, 1.54) is 10.4 Å². The zero-order chi connectivity index (χ0) is 11.4. The van der Waals surface area contributed by atoms with Gasteiger partial charge in [-0.25, -0.2) is 0 Å². The topological polar surface area (TPSA) is 37.8 Å². The third-order valence-electron chi connectivity index (χ3n) is 2.28. The largest absolute Gasteiger partial charge is 0.364 e. The molecule has 1 N–H and O–H groups in total. The first kappa shape index (κ1) is 11.4. The average molecular weight is 254 g/mol. The van der Waals surface area contributed by atoms with Crippen LogP contribution in [0.15, 0.2) is 23.6 Å². The highest BCUT2D eigenvalue weighted by atomic mass is 35.5. The number of nitrogens with zero attached hydrogens (tertiary/aromatic N) is 2. The standard InChI is InChI=1S/C11H12ClN3S/c1-2-8-5-6-16-9(8)7-13-11-4-3-10(12)14-15-11/h3-6H,2,7H2,1H3,(H,13,15). The number of thiophene rings is 1. The molecule has 0 spiro atoms. The van der Waals surface area contributed by atoms with Crippen molar-refractivity contribution < 1.29 is 0 Å². The summed E-state index contributed by atoms with van der Waals surface area (Å²) in [5.41, 5.74) is 1.39. The molecule has 16 heavy (non-hydrogen) atoms. The normalized spacial score (nSPS) is 10.4. The van der Waals surface area contributed by atoms with Crippen LogP contribution in [-0.4, -0.2) is 10.2 Å². The summed E-state index contributed by atoms with van der Waals surface area (Å²) in [5.74, 6) is 0.750. The second-order valence-electron chi connectivity index (χ2n) is 3.32. The summed E-state index contributed by atoms with van der Waals surface area (Å²) in [6, 6.07) is 5.72. The van der Waals surface area contributed by atoms with Crippen molar-refractivity contribution in [2.75, 3.05) is 5.32 Å². The Morgan fingerprint density at radius 3 is 2.88 bits per heavy atom. The van der Waals surface area contributed by atoms with Crippen LogP contribution in [-0.2, 0) is 13.0 Å². The molecule has 0 atom stereocenters. The Kier molecular flexibility index (Phi) is 3.74. The number of aryl methyl sites for hydroxylation is 1. The molecule has 5 heteroatoms. The fraction of sp³-hybridized carbons (Fsp3) is 0.273. The molecular weight excluding hydrogens is 242 g/mol. The van der Waals surface area contributed by atoms with E-state index >= 15 is 0 Å². The Bertz CT molecular complexity index is 453. The Balaban J connectivity index is 1.99. The fourth-order valence-corrected chi connectivity index (χ4v) is 2.43. The first-order chi connectivity index (χ1) is 7.79. The molecule has 0 unspecified atom stereocenters. The minimum atomic E-state index is 0.413. The van der Waals surface area contributed by atoms with Crippen LogP contribution in [0.5, 0.6) is 0 Å². The molecule has 0 aliphatic rings. The van der Waals surface area contributed by atoms with Crippen LogP contribution in [0, 0.1) is 0 Å². The molecular formula is C11H12ClN3S. The monoisotopic (exact) mass is 253 g/mol. The second-order valence-corrected chi connectivity index (χ2v) is 4.71. The SMILES string of the molecule is CCc1ccsc1CNc1ccc(Cl)nn1. The molecule has 3 nitrogen and oxygen atoms in total. The van der Waals surface area contributed by atoms with Crippen molar-refractivity contribution in [1.29, 1.82) is 0 Å². The third kappa shape index (κ3) is 2.71. The zero-order valence-corrected chi connectivity index (χ0v) is 10.5. The quantitative estimate of drug-likeness (QED) is 0.908. The molecule has 2 aromatic heterocycles. The van der Waals surface area contributed by atoms with E-state index < -0.39 is 0 Å². The van der Waals surface area contributed by atoms with Gasteiger partial charge in [-0.1, -0.05) is 18.5 Å². The summed E-state index contributed by atoms with van der Waals surface area (Å²) >= 11 is 7.42. The molecule has 0 bridgehead atoms. The van der Waals surface area contributed by atoms with Crippen LogP contribution in [0.4, 0.5) is 5.82 Å². The third-order valence-corrected chi connectivity index (χ3v) is 3.45. The summed E-state index contributed by atoms with van der Waals surface area (Å²) in [5, 5.41) is 13.5. The lowest BCUT2D eigenvalue weighted by Gasteiger charge is -2.04. The van der Waals surface area contributed by atoms with Gasteiger partial charge in [0, 0.05) is 4.88 Å². The van der Waals surface area contributed by atoms with Crippen molar-refractivity contribution in [3.63, 3.8) is 0 Å². The Hall–Kier alpha value is -1.13. The predicted octanol–water partition coefficient (Wildman–Crippen LogP) is 3.37. The van der Waals surface area contributed by atoms with Gasteiger partial charge in [0.2, 0.25) is 0 Å². The number of halogens is 1. The van der Waals surface area contributed by atoms with Crippen LogP contribution in [0.1, 0.15) is 17.4 Å².